The molecule has 23 heavy (non-hydrogen) atoms. The predicted molar refractivity (Wildman–Crippen MR) is 88.9 cm³/mol. The zero-order chi connectivity index (χ0) is 15.8. The van der Waals surface area contributed by atoms with Crippen LogP contribution >= 0.6 is 0 Å². The number of hydrogen-bond donors (Lipinski definition) is 2. The van der Waals surface area contributed by atoms with Crippen molar-refractivity contribution in [2.24, 2.45) is 0 Å². The van der Waals surface area contributed by atoms with Crippen LogP contribution in [0.25, 0.3) is 10.9 Å². The quantitative estimate of drug-likeness (QED) is 0.907. The third kappa shape index (κ3) is 2.64. The fourth-order valence-corrected chi connectivity index (χ4v) is 3.97. The lowest BCUT2D eigenvalue weighted by molar-refractivity contribution is -0.161. The Bertz CT molecular complexity index is 711. The van der Waals surface area contributed by atoms with E-state index in [9.17, 15) is 9.90 Å². The fraction of sp³-hybridized carbons (Fsp3) is 0.500. The molecule has 0 radical (unpaired) electrons. The maximum atomic E-state index is 12.7. The summed E-state index contributed by atoms with van der Waals surface area (Å²) < 4.78 is 0. The molecule has 5 nitrogen and oxygen atoms in total. The molecule has 2 N–H and O–H groups in total. The third-order valence-electron chi connectivity index (χ3n) is 5.24. The second kappa shape index (κ2) is 5.98. The number of rotatable bonds is 3. The summed E-state index contributed by atoms with van der Waals surface area (Å²) in [6.07, 6.45) is 5.26. The lowest BCUT2D eigenvalue weighted by atomic mass is 9.98. The van der Waals surface area contributed by atoms with Gasteiger partial charge in [-0.2, -0.15) is 0 Å². The van der Waals surface area contributed by atoms with E-state index in [0.29, 0.717) is 13.1 Å². The van der Waals surface area contributed by atoms with Gasteiger partial charge in [0.25, 0.3) is 0 Å². The number of piperidine rings is 1. The second-order valence-electron chi connectivity index (χ2n) is 6.63. The van der Waals surface area contributed by atoms with Gasteiger partial charge in [-0.05, 0) is 37.4 Å². The van der Waals surface area contributed by atoms with E-state index in [0.717, 1.165) is 37.7 Å². The Hall–Kier alpha value is -1.85. The lowest BCUT2D eigenvalue weighted by Crippen LogP contribution is -2.63. The third-order valence-corrected chi connectivity index (χ3v) is 5.24. The Morgan fingerprint density at radius 3 is 3.04 bits per heavy atom. The molecule has 2 aromatic rings. The van der Waals surface area contributed by atoms with E-state index in [4.69, 9.17) is 0 Å². The van der Waals surface area contributed by atoms with E-state index in [1.54, 1.807) is 4.90 Å². The lowest BCUT2D eigenvalue weighted by Gasteiger charge is -2.45. The largest absolute Gasteiger partial charge is 0.372 e. The summed E-state index contributed by atoms with van der Waals surface area (Å²) in [4.78, 5) is 19.8. The highest BCUT2D eigenvalue weighted by Crippen LogP contribution is 2.25. The standard InChI is InChI=1S/C18H23N3O2/c22-17-12-20-9-4-3-7-16(20)18(23)21(17)10-8-13-11-19-15-6-2-1-5-14(13)15/h1-2,5-6,11,16-17,19,22H,3-4,7-10,12H2/t16-,17+/m0/s1. The summed E-state index contributed by atoms with van der Waals surface area (Å²) in [5.74, 6) is 0.100. The van der Waals surface area contributed by atoms with E-state index in [2.05, 4.69) is 22.0 Å². The van der Waals surface area contributed by atoms with Gasteiger partial charge in [0.1, 0.15) is 6.23 Å². The summed E-state index contributed by atoms with van der Waals surface area (Å²) >= 11 is 0. The number of amides is 1. The van der Waals surface area contributed by atoms with Crippen molar-refractivity contribution in [2.75, 3.05) is 19.6 Å². The molecule has 2 atom stereocenters. The number of H-pyrrole nitrogens is 1. The number of aliphatic hydroxyl groups is 1. The van der Waals surface area contributed by atoms with E-state index in [1.165, 1.54) is 10.9 Å². The zero-order valence-corrected chi connectivity index (χ0v) is 13.2. The van der Waals surface area contributed by atoms with Crippen LogP contribution in [0, 0.1) is 0 Å². The number of nitrogens with zero attached hydrogens (tertiary/aromatic N) is 2. The number of piperazine rings is 1. The number of benzene rings is 1. The first-order chi connectivity index (χ1) is 11.2. The van der Waals surface area contributed by atoms with Gasteiger partial charge in [-0.3, -0.25) is 9.69 Å². The van der Waals surface area contributed by atoms with Crippen LogP contribution in [-0.4, -0.2) is 57.7 Å². The van der Waals surface area contributed by atoms with Gasteiger partial charge in [-0.15, -0.1) is 0 Å². The van der Waals surface area contributed by atoms with Crippen molar-refractivity contribution in [2.45, 2.75) is 38.0 Å². The predicted octanol–water partition coefficient (Wildman–Crippen LogP) is 1.73. The molecule has 2 fully saturated rings. The molecule has 2 saturated heterocycles. The van der Waals surface area contributed by atoms with Gasteiger partial charge in [-0.1, -0.05) is 24.6 Å². The van der Waals surface area contributed by atoms with Gasteiger partial charge in [0, 0.05) is 30.2 Å². The zero-order valence-electron chi connectivity index (χ0n) is 13.2. The van der Waals surface area contributed by atoms with Crippen molar-refractivity contribution in [3.05, 3.63) is 36.0 Å². The van der Waals surface area contributed by atoms with Gasteiger partial charge < -0.3 is 15.0 Å². The molecular weight excluding hydrogens is 290 g/mol. The van der Waals surface area contributed by atoms with E-state index >= 15 is 0 Å². The first-order valence-electron chi connectivity index (χ1n) is 8.51. The van der Waals surface area contributed by atoms with Crippen molar-refractivity contribution in [3.8, 4) is 0 Å². The van der Waals surface area contributed by atoms with Crippen molar-refractivity contribution >= 4 is 16.8 Å². The molecule has 122 valence electrons. The number of aromatic nitrogens is 1. The summed E-state index contributed by atoms with van der Waals surface area (Å²) in [7, 11) is 0. The maximum absolute atomic E-state index is 12.7. The van der Waals surface area contributed by atoms with Crippen LogP contribution in [-0.2, 0) is 11.2 Å². The Morgan fingerprint density at radius 2 is 2.13 bits per heavy atom. The van der Waals surface area contributed by atoms with Crippen molar-refractivity contribution < 1.29 is 9.90 Å². The average molecular weight is 313 g/mol. The molecule has 0 aliphatic carbocycles. The number of carbonyl (C=O) groups is 1. The number of nitrogens with one attached hydrogen (secondary N) is 1. The van der Waals surface area contributed by atoms with Gasteiger partial charge in [-0.25, -0.2) is 0 Å². The minimum Gasteiger partial charge on any atom is -0.372 e. The highest BCUT2D eigenvalue weighted by atomic mass is 16.3. The molecule has 4 rings (SSSR count). The number of aromatic amines is 1. The smallest absolute Gasteiger partial charge is 0.242 e. The number of para-hydroxylation sites is 1. The number of hydrogen-bond acceptors (Lipinski definition) is 3. The van der Waals surface area contributed by atoms with Crippen LogP contribution in [0.5, 0.6) is 0 Å². The Morgan fingerprint density at radius 1 is 1.26 bits per heavy atom. The molecule has 0 bridgehead atoms. The van der Waals surface area contributed by atoms with Gasteiger partial charge in [0.2, 0.25) is 5.91 Å². The van der Waals surface area contributed by atoms with Crippen LogP contribution in [0.4, 0.5) is 0 Å². The molecule has 0 spiro atoms. The van der Waals surface area contributed by atoms with Crippen LogP contribution < -0.4 is 0 Å². The highest BCUT2D eigenvalue weighted by molar-refractivity contribution is 5.84. The Balaban J connectivity index is 1.48. The summed E-state index contributed by atoms with van der Waals surface area (Å²) in [6.45, 7) is 2.10. The Kier molecular flexibility index (Phi) is 3.83. The average Bonchev–Trinajstić information content (AvgIpc) is 2.98. The Labute approximate surface area is 135 Å². The molecule has 2 aliphatic rings. The van der Waals surface area contributed by atoms with E-state index < -0.39 is 6.23 Å². The van der Waals surface area contributed by atoms with Crippen LogP contribution in [0.3, 0.4) is 0 Å². The molecule has 1 amide bonds. The van der Waals surface area contributed by atoms with Crippen LogP contribution in [0.15, 0.2) is 30.5 Å². The molecular formula is C18H23N3O2. The molecule has 3 heterocycles. The maximum Gasteiger partial charge on any atom is 0.242 e. The molecule has 0 unspecified atom stereocenters. The summed E-state index contributed by atoms with van der Waals surface area (Å²) in [5.41, 5.74) is 2.32. The SMILES string of the molecule is O=C1[C@@H]2CCCCN2C[C@@H](O)N1CCc1c[nH]c2ccccc12. The molecule has 0 saturated carbocycles. The first kappa shape index (κ1) is 14.7. The molecule has 1 aromatic heterocycles. The van der Waals surface area contributed by atoms with Gasteiger partial charge in [0.15, 0.2) is 0 Å². The van der Waals surface area contributed by atoms with Crippen molar-refractivity contribution in [3.63, 3.8) is 0 Å². The normalized spacial score (nSPS) is 25.8. The fourth-order valence-electron chi connectivity index (χ4n) is 3.97. The molecule has 5 heteroatoms. The molecule has 1 aromatic carbocycles. The summed E-state index contributed by atoms with van der Waals surface area (Å²) in [5, 5.41) is 11.6. The minimum absolute atomic E-state index is 0.0184. The topological polar surface area (TPSA) is 59.6 Å². The number of fused-ring (bicyclic) bond motifs is 2. The van der Waals surface area contributed by atoms with Gasteiger partial charge in [0.05, 0.1) is 6.04 Å². The van der Waals surface area contributed by atoms with Crippen molar-refractivity contribution in [1.29, 1.82) is 0 Å². The minimum atomic E-state index is -0.679. The number of aliphatic hydroxyl groups excluding tert-OH is 1. The van der Waals surface area contributed by atoms with E-state index in [1.807, 2.05) is 18.3 Å². The first-order valence-corrected chi connectivity index (χ1v) is 8.51. The monoisotopic (exact) mass is 313 g/mol. The van der Waals surface area contributed by atoms with E-state index in [-0.39, 0.29) is 11.9 Å². The van der Waals surface area contributed by atoms with Gasteiger partial charge >= 0.3 is 0 Å². The van der Waals surface area contributed by atoms with Crippen molar-refractivity contribution in [1.82, 2.24) is 14.8 Å². The second-order valence-corrected chi connectivity index (χ2v) is 6.63. The van der Waals surface area contributed by atoms with Crippen LogP contribution in [0.2, 0.25) is 0 Å². The number of carbonyl (C=O) groups excluding carboxylic acids is 1. The highest BCUT2D eigenvalue weighted by Gasteiger charge is 2.40. The van der Waals surface area contributed by atoms with Crippen LogP contribution in [0.1, 0.15) is 24.8 Å². The molecule has 2 aliphatic heterocycles. The summed E-state index contributed by atoms with van der Waals surface area (Å²) in [6, 6.07) is 8.17.